The topological polar surface area (TPSA) is 12.0 Å². The predicted octanol–water partition coefficient (Wildman–Crippen LogP) is 3.37. The maximum atomic E-state index is 5.30. The first kappa shape index (κ1) is 12.8. The fourth-order valence-corrected chi connectivity index (χ4v) is 1.79. The molecule has 1 N–H and O–H groups in total. The molecular formula is C15H21N. The molecule has 0 spiro atoms. The molecule has 0 saturated heterocycles. The van der Waals surface area contributed by atoms with Crippen molar-refractivity contribution in [3.05, 3.63) is 34.9 Å². The van der Waals surface area contributed by atoms with Crippen molar-refractivity contribution in [3.8, 4) is 12.3 Å². The molecule has 1 aromatic rings. The van der Waals surface area contributed by atoms with Crippen LogP contribution < -0.4 is 5.32 Å². The molecule has 1 aromatic carbocycles. The lowest BCUT2D eigenvalue weighted by Crippen LogP contribution is -2.28. The molecule has 0 aliphatic rings. The molecule has 2 unspecified atom stereocenters. The first-order valence-corrected chi connectivity index (χ1v) is 5.81. The van der Waals surface area contributed by atoms with Crippen molar-refractivity contribution in [1.29, 1.82) is 0 Å². The van der Waals surface area contributed by atoms with Gasteiger partial charge in [-0.2, -0.15) is 0 Å². The van der Waals surface area contributed by atoms with Crippen LogP contribution in [0.4, 0.5) is 0 Å². The van der Waals surface area contributed by atoms with Gasteiger partial charge in [0, 0.05) is 18.5 Å². The average molecular weight is 215 g/mol. The van der Waals surface area contributed by atoms with E-state index >= 15 is 0 Å². The normalized spacial score (nSPS) is 14.2. The Morgan fingerprint density at radius 1 is 1.25 bits per heavy atom. The van der Waals surface area contributed by atoms with E-state index in [1.807, 2.05) is 0 Å². The first-order chi connectivity index (χ1) is 7.54. The molecule has 0 bridgehead atoms. The second-order valence-electron chi connectivity index (χ2n) is 4.54. The van der Waals surface area contributed by atoms with Gasteiger partial charge in [0.15, 0.2) is 0 Å². The van der Waals surface area contributed by atoms with E-state index < -0.39 is 0 Å². The Kier molecular flexibility index (Phi) is 4.58. The fraction of sp³-hybridized carbons (Fsp3) is 0.467. The quantitative estimate of drug-likeness (QED) is 0.759. The number of nitrogens with one attached hydrogen (secondary N) is 1. The minimum atomic E-state index is 0.350. The maximum Gasteiger partial charge on any atom is 0.0294 e. The van der Waals surface area contributed by atoms with E-state index in [4.69, 9.17) is 6.42 Å². The lowest BCUT2D eigenvalue weighted by atomic mass is 10.0. The smallest absolute Gasteiger partial charge is 0.0294 e. The summed E-state index contributed by atoms with van der Waals surface area (Å²) in [6.45, 7) is 8.59. The molecule has 16 heavy (non-hydrogen) atoms. The van der Waals surface area contributed by atoms with Crippen molar-refractivity contribution in [2.45, 2.75) is 46.2 Å². The zero-order valence-corrected chi connectivity index (χ0v) is 10.7. The van der Waals surface area contributed by atoms with Gasteiger partial charge in [0.2, 0.25) is 0 Å². The van der Waals surface area contributed by atoms with Gasteiger partial charge in [0.05, 0.1) is 0 Å². The molecule has 0 aliphatic carbocycles. The molecule has 1 nitrogen and oxygen atoms in total. The van der Waals surface area contributed by atoms with Crippen molar-refractivity contribution in [2.75, 3.05) is 0 Å². The van der Waals surface area contributed by atoms with Gasteiger partial charge in [0.25, 0.3) is 0 Å². The number of hydrogen-bond donors (Lipinski definition) is 1. The summed E-state index contributed by atoms with van der Waals surface area (Å²) in [7, 11) is 0. The molecule has 0 saturated carbocycles. The van der Waals surface area contributed by atoms with Crippen LogP contribution in [0.25, 0.3) is 0 Å². The summed E-state index contributed by atoms with van der Waals surface area (Å²) >= 11 is 0. The Labute approximate surface area is 99.3 Å². The van der Waals surface area contributed by atoms with Crippen LogP contribution in [0.3, 0.4) is 0 Å². The van der Waals surface area contributed by atoms with E-state index in [-0.39, 0.29) is 0 Å². The standard InChI is InChI=1S/C15H21N/c1-6-7-13(4)16-14(5)15-9-8-11(2)12(3)10-15/h1,8-10,13-14,16H,7H2,2-5H3. The lowest BCUT2D eigenvalue weighted by molar-refractivity contribution is 0.486. The van der Waals surface area contributed by atoms with E-state index in [1.54, 1.807) is 0 Å². The van der Waals surface area contributed by atoms with Gasteiger partial charge in [0.1, 0.15) is 0 Å². The summed E-state index contributed by atoms with van der Waals surface area (Å²) in [5, 5.41) is 3.50. The highest BCUT2D eigenvalue weighted by Gasteiger charge is 2.09. The van der Waals surface area contributed by atoms with Crippen LogP contribution in [0, 0.1) is 26.2 Å². The van der Waals surface area contributed by atoms with Gasteiger partial charge in [-0.15, -0.1) is 12.3 Å². The predicted molar refractivity (Wildman–Crippen MR) is 70.4 cm³/mol. The van der Waals surface area contributed by atoms with Crippen molar-refractivity contribution < 1.29 is 0 Å². The molecule has 0 fully saturated rings. The lowest BCUT2D eigenvalue weighted by Gasteiger charge is -2.19. The maximum absolute atomic E-state index is 5.30. The Balaban J connectivity index is 2.70. The summed E-state index contributed by atoms with van der Waals surface area (Å²) < 4.78 is 0. The van der Waals surface area contributed by atoms with Gasteiger partial charge < -0.3 is 5.32 Å². The molecule has 86 valence electrons. The third-order valence-electron chi connectivity index (χ3n) is 2.99. The fourth-order valence-electron chi connectivity index (χ4n) is 1.79. The third kappa shape index (κ3) is 3.40. The highest BCUT2D eigenvalue weighted by molar-refractivity contribution is 5.31. The van der Waals surface area contributed by atoms with Crippen LogP contribution in [0.2, 0.25) is 0 Å². The number of terminal acetylenes is 1. The van der Waals surface area contributed by atoms with Crippen LogP contribution in [0.15, 0.2) is 18.2 Å². The largest absolute Gasteiger partial charge is 0.307 e. The van der Waals surface area contributed by atoms with E-state index in [1.165, 1.54) is 16.7 Å². The van der Waals surface area contributed by atoms with Crippen LogP contribution >= 0.6 is 0 Å². The van der Waals surface area contributed by atoms with Crippen LogP contribution in [0.5, 0.6) is 0 Å². The van der Waals surface area contributed by atoms with Crippen molar-refractivity contribution in [1.82, 2.24) is 5.32 Å². The third-order valence-corrected chi connectivity index (χ3v) is 2.99. The zero-order valence-electron chi connectivity index (χ0n) is 10.7. The second-order valence-corrected chi connectivity index (χ2v) is 4.54. The Morgan fingerprint density at radius 3 is 2.50 bits per heavy atom. The number of aryl methyl sites for hydroxylation is 2. The number of hydrogen-bond acceptors (Lipinski definition) is 1. The minimum Gasteiger partial charge on any atom is -0.307 e. The Morgan fingerprint density at radius 2 is 1.94 bits per heavy atom. The summed E-state index contributed by atoms with van der Waals surface area (Å²) in [6, 6.07) is 7.32. The first-order valence-electron chi connectivity index (χ1n) is 5.81. The van der Waals surface area contributed by atoms with E-state index in [0.29, 0.717) is 12.1 Å². The molecule has 1 rings (SSSR count). The highest BCUT2D eigenvalue weighted by Crippen LogP contribution is 2.17. The highest BCUT2D eigenvalue weighted by atomic mass is 14.9. The summed E-state index contributed by atoms with van der Waals surface area (Å²) in [5.74, 6) is 2.68. The summed E-state index contributed by atoms with van der Waals surface area (Å²) in [6.07, 6.45) is 6.07. The van der Waals surface area contributed by atoms with Crippen LogP contribution in [-0.2, 0) is 0 Å². The van der Waals surface area contributed by atoms with Gasteiger partial charge in [-0.1, -0.05) is 18.2 Å². The molecule has 0 aliphatic heterocycles. The molecule has 1 heteroatoms. The minimum absolute atomic E-state index is 0.350. The van der Waals surface area contributed by atoms with Gasteiger partial charge in [-0.05, 0) is 44.4 Å². The molecular weight excluding hydrogens is 194 g/mol. The summed E-state index contributed by atoms with van der Waals surface area (Å²) in [4.78, 5) is 0. The van der Waals surface area contributed by atoms with Crippen molar-refractivity contribution in [3.63, 3.8) is 0 Å². The van der Waals surface area contributed by atoms with Crippen LogP contribution in [0.1, 0.15) is 43.0 Å². The molecule has 2 atom stereocenters. The second kappa shape index (κ2) is 5.72. The Hall–Kier alpha value is -1.26. The SMILES string of the molecule is C#CCC(C)NC(C)c1ccc(C)c(C)c1. The van der Waals surface area contributed by atoms with E-state index in [0.717, 1.165) is 6.42 Å². The van der Waals surface area contributed by atoms with Crippen LogP contribution in [-0.4, -0.2) is 6.04 Å². The van der Waals surface area contributed by atoms with Crippen molar-refractivity contribution in [2.24, 2.45) is 0 Å². The van der Waals surface area contributed by atoms with Gasteiger partial charge in [-0.25, -0.2) is 0 Å². The van der Waals surface area contributed by atoms with E-state index in [9.17, 15) is 0 Å². The number of rotatable bonds is 4. The van der Waals surface area contributed by atoms with Gasteiger partial charge in [-0.3, -0.25) is 0 Å². The Bertz CT molecular complexity index is 387. The molecule has 0 amide bonds. The molecule has 0 heterocycles. The summed E-state index contributed by atoms with van der Waals surface area (Å²) in [5.41, 5.74) is 4.01. The van der Waals surface area contributed by atoms with E-state index in [2.05, 4.69) is 57.1 Å². The average Bonchev–Trinajstić information content (AvgIpc) is 2.22. The monoisotopic (exact) mass is 215 g/mol. The number of benzene rings is 1. The molecule has 0 aromatic heterocycles. The zero-order chi connectivity index (χ0) is 12.1. The molecule has 0 radical (unpaired) electrons. The van der Waals surface area contributed by atoms with Crippen molar-refractivity contribution >= 4 is 0 Å². The van der Waals surface area contributed by atoms with Gasteiger partial charge >= 0.3 is 0 Å².